The van der Waals surface area contributed by atoms with Crippen molar-refractivity contribution in [2.45, 2.75) is 11.8 Å². The van der Waals surface area contributed by atoms with Gasteiger partial charge in [0.05, 0.1) is 17.9 Å². The number of nitrogens with one attached hydrogen (secondary N) is 1. The van der Waals surface area contributed by atoms with E-state index in [2.05, 4.69) is 20.3 Å². The molecule has 0 radical (unpaired) electrons. The van der Waals surface area contributed by atoms with Crippen LogP contribution in [0.25, 0.3) is 0 Å². The number of rotatable bonds is 8. The van der Waals surface area contributed by atoms with Gasteiger partial charge in [0.1, 0.15) is 18.9 Å². The number of carbonyl (C=O) groups excluding carboxylic acids is 2. The molecule has 2 rings (SSSR count). The molecule has 8 nitrogen and oxygen atoms in total. The summed E-state index contributed by atoms with van der Waals surface area (Å²) in [5.41, 5.74) is 0. The summed E-state index contributed by atoms with van der Waals surface area (Å²) >= 11 is 7.24. The number of hydrogen-bond donors (Lipinski definition) is 1. The predicted octanol–water partition coefficient (Wildman–Crippen LogP) is 1.43. The molecule has 1 amide bonds. The Morgan fingerprint density at radius 3 is 2.80 bits per heavy atom. The molecule has 0 atom stereocenters. The van der Waals surface area contributed by atoms with Crippen molar-refractivity contribution in [1.29, 1.82) is 0 Å². The molecule has 0 unspecified atom stereocenters. The third-order valence-electron chi connectivity index (χ3n) is 3.11. The topological polar surface area (TPSA) is 95.3 Å². The number of esters is 1. The fraction of sp³-hybridized carbons (Fsp3) is 0.333. The molecular formula is C15H17ClN4O4S. The van der Waals surface area contributed by atoms with Gasteiger partial charge in [0.15, 0.2) is 11.0 Å². The first-order valence-corrected chi connectivity index (χ1v) is 8.59. The summed E-state index contributed by atoms with van der Waals surface area (Å²) in [6.45, 7) is 0.0357. The van der Waals surface area contributed by atoms with Crippen LogP contribution < -0.4 is 10.1 Å². The second kappa shape index (κ2) is 9.28. The quantitative estimate of drug-likeness (QED) is 0.543. The Hall–Kier alpha value is -2.26. The lowest BCUT2D eigenvalue weighted by atomic mass is 10.3. The fourth-order valence-electron chi connectivity index (χ4n) is 1.72. The number of ether oxygens (including phenoxy) is 2. The van der Waals surface area contributed by atoms with Crippen LogP contribution >= 0.6 is 23.4 Å². The van der Waals surface area contributed by atoms with E-state index in [-0.39, 0.29) is 24.8 Å². The van der Waals surface area contributed by atoms with Gasteiger partial charge in [-0.15, -0.1) is 10.2 Å². The summed E-state index contributed by atoms with van der Waals surface area (Å²) in [4.78, 5) is 22.6. The molecule has 2 aromatic rings. The van der Waals surface area contributed by atoms with E-state index in [0.29, 0.717) is 21.8 Å². The molecule has 134 valence electrons. The number of carbonyl (C=O) groups is 2. The zero-order valence-electron chi connectivity index (χ0n) is 13.7. The number of benzene rings is 1. The second-order valence-corrected chi connectivity index (χ2v) is 6.17. The van der Waals surface area contributed by atoms with Gasteiger partial charge in [-0.3, -0.25) is 9.59 Å². The van der Waals surface area contributed by atoms with Gasteiger partial charge in [-0.2, -0.15) is 0 Å². The van der Waals surface area contributed by atoms with Crippen molar-refractivity contribution in [2.24, 2.45) is 7.05 Å². The van der Waals surface area contributed by atoms with Gasteiger partial charge < -0.3 is 19.4 Å². The van der Waals surface area contributed by atoms with E-state index in [0.717, 1.165) is 0 Å². The van der Waals surface area contributed by atoms with E-state index >= 15 is 0 Å². The molecule has 1 heterocycles. The number of amides is 1. The lowest BCUT2D eigenvalue weighted by Gasteiger charge is -2.08. The predicted molar refractivity (Wildman–Crippen MR) is 92.5 cm³/mol. The highest BCUT2D eigenvalue weighted by Gasteiger charge is 2.13. The van der Waals surface area contributed by atoms with Gasteiger partial charge in [0, 0.05) is 7.05 Å². The number of nitrogens with zero attached hydrogens (tertiary/aromatic N) is 3. The van der Waals surface area contributed by atoms with Crippen molar-refractivity contribution < 1.29 is 19.1 Å². The first-order chi connectivity index (χ1) is 12.0. The first kappa shape index (κ1) is 19.1. The third kappa shape index (κ3) is 5.64. The molecule has 0 spiro atoms. The highest BCUT2D eigenvalue weighted by molar-refractivity contribution is 7.99. The first-order valence-electron chi connectivity index (χ1n) is 7.23. The normalized spacial score (nSPS) is 10.4. The van der Waals surface area contributed by atoms with Gasteiger partial charge in [-0.05, 0) is 12.1 Å². The van der Waals surface area contributed by atoms with Crippen LogP contribution in [0.4, 0.5) is 0 Å². The van der Waals surface area contributed by atoms with E-state index in [1.807, 2.05) is 12.1 Å². The monoisotopic (exact) mass is 384 g/mol. The molecule has 1 aromatic heterocycles. The Labute approximate surface area is 153 Å². The van der Waals surface area contributed by atoms with Crippen molar-refractivity contribution in [2.75, 3.05) is 19.4 Å². The van der Waals surface area contributed by atoms with Gasteiger partial charge in [0.2, 0.25) is 5.91 Å². The second-order valence-electron chi connectivity index (χ2n) is 4.82. The lowest BCUT2D eigenvalue weighted by molar-refractivity contribution is -0.140. The summed E-state index contributed by atoms with van der Waals surface area (Å²) in [7, 11) is 3.04. The van der Waals surface area contributed by atoms with Crippen LogP contribution in [0.15, 0.2) is 29.4 Å². The van der Waals surface area contributed by atoms with Crippen LogP contribution in [-0.4, -0.2) is 46.0 Å². The molecule has 0 aliphatic carbocycles. The molecule has 1 aromatic carbocycles. The van der Waals surface area contributed by atoms with Crippen LogP contribution in [-0.2, 0) is 28.0 Å². The fourth-order valence-corrected chi connectivity index (χ4v) is 2.67. The average Bonchev–Trinajstić information content (AvgIpc) is 2.97. The van der Waals surface area contributed by atoms with Crippen LogP contribution in [0, 0.1) is 0 Å². The largest absolute Gasteiger partial charge is 0.484 e. The average molecular weight is 385 g/mol. The number of hydrogen-bond acceptors (Lipinski definition) is 7. The number of thioether (sulfide) groups is 1. The minimum atomic E-state index is -0.504. The Morgan fingerprint density at radius 2 is 2.08 bits per heavy atom. The highest BCUT2D eigenvalue weighted by atomic mass is 35.5. The van der Waals surface area contributed by atoms with Crippen molar-refractivity contribution in [3.05, 3.63) is 35.1 Å². The minimum absolute atomic E-state index is 0.105. The number of halogens is 1. The number of methoxy groups -OCH3 is 1. The van der Waals surface area contributed by atoms with Gasteiger partial charge in [-0.1, -0.05) is 35.5 Å². The summed E-state index contributed by atoms with van der Waals surface area (Å²) in [5.74, 6) is 0.457. The van der Waals surface area contributed by atoms with E-state index in [4.69, 9.17) is 16.3 Å². The third-order valence-corrected chi connectivity index (χ3v) is 4.44. The van der Waals surface area contributed by atoms with Crippen molar-refractivity contribution in [3.8, 4) is 5.75 Å². The van der Waals surface area contributed by atoms with Crippen LogP contribution in [0.5, 0.6) is 5.75 Å². The molecule has 0 fully saturated rings. The maximum Gasteiger partial charge on any atom is 0.325 e. The molecule has 0 aliphatic heterocycles. The van der Waals surface area contributed by atoms with Gasteiger partial charge in [-0.25, -0.2) is 0 Å². The molecule has 1 N–H and O–H groups in total. The summed E-state index contributed by atoms with van der Waals surface area (Å²) in [6.07, 6.45) is 0. The summed E-state index contributed by atoms with van der Waals surface area (Å²) < 4.78 is 11.8. The van der Waals surface area contributed by atoms with E-state index in [1.54, 1.807) is 23.7 Å². The van der Waals surface area contributed by atoms with Crippen molar-refractivity contribution in [3.63, 3.8) is 0 Å². The smallest absolute Gasteiger partial charge is 0.325 e. The van der Waals surface area contributed by atoms with Gasteiger partial charge in [0.25, 0.3) is 0 Å². The molecule has 10 heteroatoms. The highest BCUT2D eigenvalue weighted by Crippen LogP contribution is 2.24. The zero-order valence-corrected chi connectivity index (χ0v) is 15.3. The molecular weight excluding hydrogens is 368 g/mol. The van der Waals surface area contributed by atoms with Crippen molar-refractivity contribution in [1.82, 2.24) is 20.1 Å². The van der Waals surface area contributed by atoms with Gasteiger partial charge >= 0.3 is 5.97 Å². The van der Waals surface area contributed by atoms with Crippen LogP contribution in [0.3, 0.4) is 0 Å². The molecule has 25 heavy (non-hydrogen) atoms. The summed E-state index contributed by atoms with van der Waals surface area (Å²) in [5, 5.41) is 11.6. The van der Waals surface area contributed by atoms with E-state index in [9.17, 15) is 9.59 Å². The van der Waals surface area contributed by atoms with E-state index < -0.39 is 5.97 Å². The lowest BCUT2D eigenvalue weighted by Crippen LogP contribution is -2.31. The molecule has 0 saturated carbocycles. The Morgan fingerprint density at radius 1 is 1.32 bits per heavy atom. The molecule has 0 aliphatic rings. The van der Waals surface area contributed by atoms with E-state index in [1.165, 1.54) is 18.9 Å². The van der Waals surface area contributed by atoms with Crippen molar-refractivity contribution >= 4 is 35.2 Å². The standard InChI is InChI=1S/C15H17ClN4O4S/c1-20-12(8-24-11-6-4-3-5-10(11)16)18-19-15(20)25-9-13(21)17-7-14(22)23-2/h3-6H,7-9H2,1-2H3,(H,17,21). The molecule has 0 bridgehead atoms. The summed E-state index contributed by atoms with van der Waals surface area (Å²) in [6, 6.07) is 7.14. The SMILES string of the molecule is COC(=O)CNC(=O)CSc1nnc(COc2ccccc2Cl)n1C. The Balaban J connectivity index is 1.85. The number of aromatic nitrogens is 3. The Kier molecular flexibility index (Phi) is 7.08. The van der Waals surface area contributed by atoms with Crippen LogP contribution in [0.1, 0.15) is 5.82 Å². The Bertz CT molecular complexity index is 753. The zero-order chi connectivity index (χ0) is 18.2. The maximum absolute atomic E-state index is 11.7. The van der Waals surface area contributed by atoms with Crippen LogP contribution in [0.2, 0.25) is 5.02 Å². The number of para-hydroxylation sites is 1. The molecule has 0 saturated heterocycles. The maximum atomic E-state index is 11.7. The minimum Gasteiger partial charge on any atom is -0.484 e.